The molecule has 6 heteroatoms. The largest absolute Gasteiger partial charge is 0.326 e. The number of rotatable bonds is 9. The molecule has 1 aliphatic rings. The molecule has 1 aromatic carbocycles. The van der Waals surface area contributed by atoms with Crippen molar-refractivity contribution in [1.29, 1.82) is 0 Å². The Bertz CT molecular complexity index is 825. The van der Waals surface area contributed by atoms with E-state index in [0.29, 0.717) is 10.7 Å². The highest BCUT2D eigenvalue weighted by molar-refractivity contribution is 7.13. The second-order valence-corrected chi connectivity index (χ2v) is 9.08. The number of nitrogens with zero attached hydrogens (tertiary/aromatic N) is 2. The predicted octanol–water partition coefficient (Wildman–Crippen LogP) is 5.60. The summed E-state index contributed by atoms with van der Waals surface area (Å²) in [5, 5.41) is 5.34. The van der Waals surface area contributed by atoms with Crippen molar-refractivity contribution in [3.05, 3.63) is 46.5 Å². The number of carbonyl (C=O) groups is 2. The first-order chi connectivity index (χ1) is 14.6. The molecule has 1 heterocycles. The predicted molar refractivity (Wildman–Crippen MR) is 123 cm³/mol. The van der Waals surface area contributed by atoms with Gasteiger partial charge in [0.2, 0.25) is 5.91 Å². The van der Waals surface area contributed by atoms with Crippen LogP contribution in [-0.4, -0.2) is 34.3 Å². The molecule has 0 atom stereocenters. The lowest BCUT2D eigenvalue weighted by Crippen LogP contribution is -2.45. The summed E-state index contributed by atoms with van der Waals surface area (Å²) in [6, 6.07) is 8.07. The molecule has 1 saturated carbocycles. The second-order valence-electron chi connectivity index (χ2n) is 8.22. The van der Waals surface area contributed by atoms with E-state index in [-0.39, 0.29) is 24.4 Å². The maximum atomic E-state index is 13.3. The number of aromatic nitrogens is 1. The minimum absolute atomic E-state index is 0.0486. The first kappa shape index (κ1) is 22.5. The van der Waals surface area contributed by atoms with E-state index in [1.807, 2.05) is 24.4 Å². The van der Waals surface area contributed by atoms with Crippen molar-refractivity contribution in [2.45, 2.75) is 77.7 Å². The molecule has 2 aromatic rings. The zero-order chi connectivity index (χ0) is 21.3. The van der Waals surface area contributed by atoms with Gasteiger partial charge in [-0.2, -0.15) is 0 Å². The maximum absolute atomic E-state index is 13.3. The number of amides is 2. The van der Waals surface area contributed by atoms with Crippen molar-refractivity contribution >= 4 is 28.3 Å². The number of hydrogen-bond acceptors (Lipinski definition) is 4. The van der Waals surface area contributed by atoms with Gasteiger partial charge in [-0.1, -0.05) is 51.2 Å². The highest BCUT2D eigenvalue weighted by atomic mass is 32.1. The Morgan fingerprint density at radius 2 is 1.87 bits per heavy atom. The molecule has 5 nitrogen and oxygen atoms in total. The number of unbranched alkanes of at least 4 members (excludes halogenated alkanes) is 2. The maximum Gasteiger partial charge on any atom is 0.254 e. The van der Waals surface area contributed by atoms with E-state index >= 15 is 0 Å². The van der Waals surface area contributed by atoms with Crippen LogP contribution in [0.5, 0.6) is 0 Å². The van der Waals surface area contributed by atoms with E-state index in [1.165, 1.54) is 42.6 Å². The highest BCUT2D eigenvalue weighted by Crippen LogP contribution is 2.25. The molecule has 1 N–H and O–H groups in total. The van der Waals surface area contributed by atoms with Crippen LogP contribution >= 0.6 is 11.3 Å². The van der Waals surface area contributed by atoms with Gasteiger partial charge in [0.1, 0.15) is 6.54 Å². The summed E-state index contributed by atoms with van der Waals surface area (Å²) < 4.78 is 0. The number of carbonyl (C=O) groups excluding carboxylic acids is 2. The molecule has 0 unspecified atom stereocenters. The third-order valence-corrected chi connectivity index (χ3v) is 6.60. The first-order valence-electron chi connectivity index (χ1n) is 11.2. The smallest absolute Gasteiger partial charge is 0.254 e. The summed E-state index contributed by atoms with van der Waals surface area (Å²) in [4.78, 5) is 32.1. The van der Waals surface area contributed by atoms with E-state index in [1.54, 1.807) is 4.90 Å². The number of benzene rings is 1. The SMILES string of the molecule is CCCCCc1ccc(C(=O)N(CC(=O)Nc2nc(C)cs2)C2CCCCC2)cc1. The van der Waals surface area contributed by atoms with Crippen LogP contribution in [0.4, 0.5) is 5.13 Å². The van der Waals surface area contributed by atoms with Crippen molar-refractivity contribution < 1.29 is 9.59 Å². The van der Waals surface area contributed by atoms with Gasteiger partial charge in [-0.3, -0.25) is 9.59 Å². The monoisotopic (exact) mass is 427 g/mol. The molecule has 0 radical (unpaired) electrons. The second kappa shape index (κ2) is 11.3. The third-order valence-electron chi connectivity index (χ3n) is 5.73. The van der Waals surface area contributed by atoms with Crippen LogP contribution < -0.4 is 5.32 Å². The normalized spacial score (nSPS) is 14.5. The zero-order valence-corrected chi connectivity index (χ0v) is 19.0. The molecule has 0 spiro atoms. The Labute approximate surface area is 183 Å². The van der Waals surface area contributed by atoms with Crippen LogP contribution in [0.1, 0.15) is 79.9 Å². The van der Waals surface area contributed by atoms with Crippen LogP contribution in [0.2, 0.25) is 0 Å². The van der Waals surface area contributed by atoms with Crippen LogP contribution in [0.25, 0.3) is 0 Å². The summed E-state index contributed by atoms with van der Waals surface area (Å²) in [5.41, 5.74) is 2.81. The first-order valence-corrected chi connectivity index (χ1v) is 12.1. The van der Waals surface area contributed by atoms with Gasteiger partial charge in [-0.15, -0.1) is 11.3 Å². The minimum atomic E-state index is -0.181. The van der Waals surface area contributed by atoms with Gasteiger partial charge in [0.05, 0.1) is 5.69 Å². The van der Waals surface area contributed by atoms with Gasteiger partial charge >= 0.3 is 0 Å². The van der Waals surface area contributed by atoms with Crippen LogP contribution in [0.15, 0.2) is 29.6 Å². The van der Waals surface area contributed by atoms with Gasteiger partial charge in [0, 0.05) is 17.0 Å². The van der Waals surface area contributed by atoms with E-state index in [4.69, 9.17) is 0 Å². The number of thiazole rings is 1. The molecule has 3 rings (SSSR count). The van der Waals surface area contributed by atoms with Crippen molar-refractivity contribution in [2.24, 2.45) is 0 Å². The van der Waals surface area contributed by atoms with Gasteiger partial charge in [-0.05, 0) is 50.3 Å². The Hall–Kier alpha value is -2.21. The van der Waals surface area contributed by atoms with E-state index in [0.717, 1.165) is 37.8 Å². The average molecular weight is 428 g/mol. The highest BCUT2D eigenvalue weighted by Gasteiger charge is 2.28. The lowest BCUT2D eigenvalue weighted by molar-refractivity contribution is -0.117. The van der Waals surface area contributed by atoms with Gasteiger partial charge in [0.25, 0.3) is 5.91 Å². The van der Waals surface area contributed by atoms with E-state index in [2.05, 4.69) is 29.4 Å². The van der Waals surface area contributed by atoms with E-state index < -0.39 is 0 Å². The molecule has 1 aliphatic carbocycles. The van der Waals surface area contributed by atoms with Gasteiger partial charge in [0.15, 0.2) is 5.13 Å². The molecule has 1 fully saturated rings. The Kier molecular flexibility index (Phi) is 8.43. The van der Waals surface area contributed by atoms with Crippen LogP contribution in [0, 0.1) is 6.92 Å². The molecule has 1 aromatic heterocycles. The number of aryl methyl sites for hydroxylation is 2. The van der Waals surface area contributed by atoms with Gasteiger partial charge in [-0.25, -0.2) is 4.98 Å². The molecule has 30 heavy (non-hydrogen) atoms. The molecule has 2 amide bonds. The Morgan fingerprint density at radius 3 is 2.50 bits per heavy atom. The number of nitrogens with one attached hydrogen (secondary N) is 1. The summed E-state index contributed by atoms with van der Waals surface area (Å²) in [7, 11) is 0. The lowest BCUT2D eigenvalue weighted by atomic mass is 9.93. The zero-order valence-electron chi connectivity index (χ0n) is 18.2. The number of anilines is 1. The Morgan fingerprint density at radius 1 is 1.13 bits per heavy atom. The third kappa shape index (κ3) is 6.39. The van der Waals surface area contributed by atoms with Crippen molar-refractivity contribution in [3.63, 3.8) is 0 Å². The molecular formula is C24H33N3O2S. The van der Waals surface area contributed by atoms with Crippen LogP contribution in [0.3, 0.4) is 0 Å². The molecule has 0 bridgehead atoms. The molecule has 162 valence electrons. The van der Waals surface area contributed by atoms with Crippen molar-refractivity contribution in [1.82, 2.24) is 9.88 Å². The summed E-state index contributed by atoms with van der Waals surface area (Å²) in [6.45, 7) is 4.17. The average Bonchev–Trinajstić information content (AvgIpc) is 3.17. The topological polar surface area (TPSA) is 62.3 Å². The molecule has 0 saturated heterocycles. The lowest BCUT2D eigenvalue weighted by Gasteiger charge is -2.34. The fourth-order valence-electron chi connectivity index (χ4n) is 4.04. The van der Waals surface area contributed by atoms with Crippen LogP contribution in [-0.2, 0) is 11.2 Å². The molecular weight excluding hydrogens is 394 g/mol. The molecule has 0 aliphatic heterocycles. The summed E-state index contributed by atoms with van der Waals surface area (Å²) in [5.74, 6) is -0.230. The standard InChI is InChI=1S/C24H33N3O2S/c1-3-4-6-9-19-12-14-20(15-13-19)23(29)27(21-10-7-5-8-11-21)16-22(28)26-24-25-18(2)17-30-24/h12-15,17,21H,3-11,16H2,1-2H3,(H,25,26,28). The summed E-state index contributed by atoms with van der Waals surface area (Å²) in [6.07, 6.45) is 10.00. The fourth-order valence-corrected chi connectivity index (χ4v) is 4.75. The van der Waals surface area contributed by atoms with Crippen molar-refractivity contribution in [2.75, 3.05) is 11.9 Å². The fraction of sp³-hybridized carbons (Fsp3) is 0.542. The van der Waals surface area contributed by atoms with Crippen molar-refractivity contribution in [3.8, 4) is 0 Å². The number of hydrogen-bond donors (Lipinski definition) is 1. The summed E-state index contributed by atoms with van der Waals surface area (Å²) >= 11 is 1.41. The van der Waals surface area contributed by atoms with E-state index in [9.17, 15) is 9.59 Å². The van der Waals surface area contributed by atoms with Gasteiger partial charge < -0.3 is 10.2 Å². The minimum Gasteiger partial charge on any atom is -0.326 e. The Balaban J connectivity index is 1.69. The quantitative estimate of drug-likeness (QED) is 0.530.